The van der Waals surface area contributed by atoms with Crippen LogP contribution in [0.15, 0.2) is 46.0 Å². The van der Waals surface area contributed by atoms with Gasteiger partial charge in [-0.2, -0.15) is 0 Å². The lowest BCUT2D eigenvalue weighted by molar-refractivity contribution is -0.118. The van der Waals surface area contributed by atoms with Gasteiger partial charge in [-0.1, -0.05) is 12.1 Å². The summed E-state index contributed by atoms with van der Waals surface area (Å²) in [6.45, 7) is 1.50. The fraction of sp³-hybridized carbons (Fsp3) is 0.375. The van der Waals surface area contributed by atoms with Crippen molar-refractivity contribution >= 4 is 28.3 Å². The van der Waals surface area contributed by atoms with E-state index in [1.807, 2.05) is 12.1 Å². The molecule has 0 radical (unpaired) electrons. The number of carbonyl (C=O) groups excluding carboxylic acids is 1. The number of nitrogens with zero attached hydrogens (tertiary/aromatic N) is 3. The summed E-state index contributed by atoms with van der Waals surface area (Å²) < 4.78 is 13.6. The van der Waals surface area contributed by atoms with Crippen molar-refractivity contribution in [2.45, 2.75) is 19.3 Å². The van der Waals surface area contributed by atoms with E-state index in [0.717, 1.165) is 38.0 Å². The minimum Gasteiger partial charge on any atom is -0.493 e. The third-order valence-electron chi connectivity index (χ3n) is 6.01. The molecule has 2 aromatic carbocycles. The van der Waals surface area contributed by atoms with Gasteiger partial charge < -0.3 is 28.8 Å². The van der Waals surface area contributed by atoms with Crippen LogP contribution in [0.5, 0.6) is 11.5 Å². The van der Waals surface area contributed by atoms with Crippen molar-refractivity contribution in [1.29, 1.82) is 0 Å². The highest BCUT2D eigenvalue weighted by Crippen LogP contribution is 2.32. The third-order valence-corrected chi connectivity index (χ3v) is 6.01. The number of ether oxygens (including phenoxy) is 2. The lowest BCUT2D eigenvalue weighted by Gasteiger charge is -2.31. The number of aryl methyl sites for hydroxylation is 2. The average molecular weight is 453 g/mol. The van der Waals surface area contributed by atoms with Crippen molar-refractivity contribution < 1.29 is 14.3 Å². The smallest absolute Gasteiger partial charge is 0.316 e. The first-order chi connectivity index (χ1) is 15.9. The number of carbonyl (C=O) groups is 1. The van der Waals surface area contributed by atoms with Gasteiger partial charge >= 0.3 is 11.1 Å². The van der Waals surface area contributed by atoms with Crippen LogP contribution in [0.2, 0.25) is 0 Å². The molecule has 33 heavy (non-hydrogen) atoms. The van der Waals surface area contributed by atoms with Crippen LogP contribution < -0.4 is 30.8 Å². The number of rotatable bonds is 6. The number of aromatic nitrogens is 2. The van der Waals surface area contributed by atoms with Gasteiger partial charge in [-0.25, -0.2) is 0 Å². The number of methoxy groups -OCH3 is 1. The summed E-state index contributed by atoms with van der Waals surface area (Å²) in [7, 11) is 4.69. The fourth-order valence-electron chi connectivity index (χ4n) is 4.17. The van der Waals surface area contributed by atoms with Gasteiger partial charge in [-0.05, 0) is 43.5 Å². The van der Waals surface area contributed by atoms with Gasteiger partial charge in [0.1, 0.15) is 0 Å². The summed E-state index contributed by atoms with van der Waals surface area (Å²) in [4.78, 5) is 39.7. The molecule has 1 saturated heterocycles. The van der Waals surface area contributed by atoms with Crippen LogP contribution in [0.1, 0.15) is 19.3 Å². The van der Waals surface area contributed by atoms with Gasteiger partial charge in [0.2, 0.25) is 0 Å². The summed E-state index contributed by atoms with van der Waals surface area (Å²) in [6.07, 6.45) is 3.26. The second kappa shape index (κ2) is 9.40. The van der Waals surface area contributed by atoms with Gasteiger partial charge in [0, 0.05) is 27.2 Å². The summed E-state index contributed by atoms with van der Waals surface area (Å²) >= 11 is 0. The predicted molar refractivity (Wildman–Crippen MR) is 128 cm³/mol. The van der Waals surface area contributed by atoms with E-state index in [1.54, 1.807) is 45.5 Å². The Kier molecular flexibility index (Phi) is 6.39. The predicted octanol–water partition coefficient (Wildman–Crippen LogP) is 2.25. The molecule has 2 heterocycles. The van der Waals surface area contributed by atoms with Gasteiger partial charge in [0.15, 0.2) is 18.1 Å². The summed E-state index contributed by atoms with van der Waals surface area (Å²) in [5.41, 5.74) is 1.38. The van der Waals surface area contributed by atoms with E-state index in [1.165, 1.54) is 9.13 Å². The number of para-hydroxylation sites is 2. The molecule has 1 aliphatic rings. The first-order valence-electron chi connectivity index (χ1n) is 10.9. The summed E-state index contributed by atoms with van der Waals surface area (Å²) in [6, 6.07) is 10.7. The maximum atomic E-state index is 12.8. The van der Waals surface area contributed by atoms with E-state index in [0.29, 0.717) is 28.2 Å². The molecule has 1 aliphatic heterocycles. The highest BCUT2D eigenvalue weighted by atomic mass is 16.5. The molecule has 9 heteroatoms. The van der Waals surface area contributed by atoms with Crippen molar-refractivity contribution in [1.82, 2.24) is 9.13 Å². The van der Waals surface area contributed by atoms with Crippen LogP contribution >= 0.6 is 0 Å². The largest absolute Gasteiger partial charge is 0.493 e. The van der Waals surface area contributed by atoms with Crippen LogP contribution in [0.4, 0.5) is 11.4 Å². The quantitative estimate of drug-likeness (QED) is 0.577. The molecule has 1 N–H and O–H groups in total. The number of hydrogen-bond acceptors (Lipinski definition) is 6. The molecule has 0 aliphatic carbocycles. The van der Waals surface area contributed by atoms with Crippen molar-refractivity contribution in [3.8, 4) is 11.5 Å². The lowest BCUT2D eigenvalue weighted by atomic mass is 10.1. The van der Waals surface area contributed by atoms with E-state index in [4.69, 9.17) is 9.47 Å². The molecule has 1 amide bonds. The Morgan fingerprint density at radius 3 is 2.18 bits per heavy atom. The number of benzene rings is 2. The van der Waals surface area contributed by atoms with E-state index in [2.05, 4.69) is 10.2 Å². The van der Waals surface area contributed by atoms with Crippen LogP contribution in [0, 0.1) is 0 Å². The molecule has 0 bridgehead atoms. The first kappa shape index (κ1) is 22.4. The highest BCUT2D eigenvalue weighted by molar-refractivity contribution is 5.99. The van der Waals surface area contributed by atoms with E-state index >= 15 is 0 Å². The first-order valence-corrected chi connectivity index (χ1v) is 10.9. The molecule has 9 nitrogen and oxygen atoms in total. The molecule has 1 fully saturated rings. The molecule has 1 aromatic heterocycles. The third kappa shape index (κ3) is 4.44. The number of nitrogens with one attached hydrogen (secondary N) is 1. The topological polar surface area (TPSA) is 94.8 Å². The molecule has 0 spiro atoms. The maximum Gasteiger partial charge on any atom is 0.316 e. The Morgan fingerprint density at radius 1 is 0.939 bits per heavy atom. The number of fused-ring (bicyclic) bond motifs is 1. The van der Waals surface area contributed by atoms with E-state index in [-0.39, 0.29) is 12.5 Å². The lowest BCUT2D eigenvalue weighted by Crippen LogP contribution is -2.39. The molecule has 0 saturated carbocycles. The van der Waals surface area contributed by atoms with Crippen LogP contribution in [0.3, 0.4) is 0 Å². The zero-order valence-corrected chi connectivity index (χ0v) is 19.1. The zero-order chi connectivity index (χ0) is 23.5. The molecule has 174 valence electrons. The van der Waals surface area contributed by atoms with Gasteiger partial charge in [0.05, 0.1) is 29.5 Å². The van der Waals surface area contributed by atoms with Gasteiger partial charge in [-0.3, -0.25) is 14.4 Å². The fourth-order valence-corrected chi connectivity index (χ4v) is 4.17. The number of anilines is 2. The minimum absolute atomic E-state index is 0.204. The SMILES string of the molecule is COc1ccccc1OCC(=O)Nc1cc2c(cc1N1CCCCC1)n(C)c(=O)c(=O)n2C. The highest BCUT2D eigenvalue weighted by Gasteiger charge is 2.20. The molecular weight excluding hydrogens is 424 g/mol. The van der Waals surface area contributed by atoms with Crippen LogP contribution in [0.25, 0.3) is 11.0 Å². The summed E-state index contributed by atoms with van der Waals surface area (Å²) in [5, 5.41) is 2.94. The van der Waals surface area contributed by atoms with E-state index < -0.39 is 11.1 Å². The number of amides is 1. The number of hydrogen-bond donors (Lipinski definition) is 1. The van der Waals surface area contributed by atoms with E-state index in [9.17, 15) is 14.4 Å². The molecule has 0 atom stereocenters. The zero-order valence-electron chi connectivity index (χ0n) is 19.1. The second-order valence-electron chi connectivity index (χ2n) is 8.12. The summed E-state index contributed by atoms with van der Waals surface area (Å²) in [5.74, 6) is 0.677. The van der Waals surface area contributed by atoms with Gasteiger partial charge in [0.25, 0.3) is 5.91 Å². The Labute approximate surface area is 191 Å². The van der Waals surface area contributed by atoms with Gasteiger partial charge in [-0.15, -0.1) is 0 Å². The number of piperidine rings is 1. The Hall–Kier alpha value is -3.75. The van der Waals surface area contributed by atoms with Crippen LogP contribution in [-0.4, -0.2) is 41.8 Å². The minimum atomic E-state index is -0.618. The Balaban J connectivity index is 1.69. The van der Waals surface area contributed by atoms with Crippen LogP contribution in [-0.2, 0) is 18.9 Å². The normalized spacial score (nSPS) is 13.7. The molecule has 3 aromatic rings. The van der Waals surface area contributed by atoms with Crippen molar-refractivity contribution in [3.05, 3.63) is 57.1 Å². The monoisotopic (exact) mass is 452 g/mol. The maximum absolute atomic E-state index is 12.8. The van der Waals surface area contributed by atoms with Crippen molar-refractivity contribution in [3.63, 3.8) is 0 Å². The average Bonchev–Trinajstić information content (AvgIpc) is 2.85. The molecular formula is C24H28N4O5. The van der Waals surface area contributed by atoms with Crippen molar-refractivity contribution in [2.24, 2.45) is 14.1 Å². The van der Waals surface area contributed by atoms with Crippen molar-refractivity contribution in [2.75, 3.05) is 37.0 Å². The second-order valence-corrected chi connectivity index (χ2v) is 8.12. The Bertz CT molecular complexity index is 1300. The molecule has 4 rings (SSSR count). The Morgan fingerprint density at radius 2 is 1.55 bits per heavy atom. The molecule has 0 unspecified atom stereocenters. The standard InChI is InChI=1S/C24H28N4O5/c1-26-18-13-16(25-22(29)15-33-21-10-6-5-9-20(21)32-3)17(28-11-7-4-8-12-28)14-19(18)27(2)24(31)23(26)30/h5-6,9-10,13-14H,4,7-8,11-12,15H2,1-3H3,(H,25,29).